The van der Waals surface area contributed by atoms with E-state index in [-0.39, 0.29) is 11.5 Å². The van der Waals surface area contributed by atoms with Crippen LogP contribution in [-0.4, -0.2) is 31.8 Å². The Hall–Kier alpha value is -4.23. The fraction of sp³-hybridized carbons (Fsp3) is 0.111. The molecule has 8 heteroatoms. The summed E-state index contributed by atoms with van der Waals surface area (Å²) in [5, 5.41) is 8.25. The quantitative estimate of drug-likeness (QED) is 0.372. The molecule has 35 heavy (non-hydrogen) atoms. The number of nitrogens with zero attached hydrogens (tertiary/aromatic N) is 4. The Bertz CT molecular complexity index is 1540. The number of aromatic nitrogens is 4. The second kappa shape index (κ2) is 9.95. The molecule has 0 radical (unpaired) electrons. The van der Waals surface area contributed by atoms with Gasteiger partial charge in [-0.25, -0.2) is 9.67 Å². The Kier molecular flexibility index (Phi) is 6.41. The Balaban J connectivity index is 1.23. The minimum Gasteiger partial charge on any atom is -0.350 e. The highest BCUT2D eigenvalue weighted by Crippen LogP contribution is 2.19. The van der Waals surface area contributed by atoms with E-state index in [1.165, 1.54) is 17.1 Å². The minimum absolute atomic E-state index is 0.169. The van der Waals surface area contributed by atoms with Crippen molar-refractivity contribution in [1.29, 1.82) is 0 Å². The zero-order valence-corrected chi connectivity index (χ0v) is 19.5. The van der Waals surface area contributed by atoms with Gasteiger partial charge in [0.1, 0.15) is 11.7 Å². The van der Waals surface area contributed by atoms with E-state index in [0.29, 0.717) is 41.3 Å². The Morgan fingerprint density at radius 1 is 0.943 bits per heavy atom. The maximum absolute atomic E-state index is 12.9. The number of carbonyl (C=O) groups is 1. The van der Waals surface area contributed by atoms with Crippen LogP contribution >= 0.6 is 11.6 Å². The van der Waals surface area contributed by atoms with Crippen LogP contribution in [0.4, 0.5) is 0 Å². The van der Waals surface area contributed by atoms with Crippen molar-refractivity contribution in [3.8, 4) is 11.1 Å². The summed E-state index contributed by atoms with van der Waals surface area (Å²) in [5.74, 6) is -0.169. The molecule has 174 valence electrons. The summed E-state index contributed by atoms with van der Waals surface area (Å²) in [7, 11) is 0. The lowest BCUT2D eigenvalue weighted by molar-refractivity contribution is 0.0952. The summed E-state index contributed by atoms with van der Waals surface area (Å²) < 4.78 is 3.15. The molecule has 5 aromatic rings. The molecule has 0 atom stereocenters. The summed E-state index contributed by atoms with van der Waals surface area (Å²) in [6, 6.07) is 24.9. The van der Waals surface area contributed by atoms with E-state index in [9.17, 15) is 9.59 Å². The third-order valence-electron chi connectivity index (χ3n) is 5.73. The second-order valence-corrected chi connectivity index (χ2v) is 8.55. The smallest absolute Gasteiger partial charge is 0.264 e. The molecule has 0 aliphatic carbocycles. The summed E-state index contributed by atoms with van der Waals surface area (Å²) in [4.78, 5) is 29.9. The number of fused-ring (bicyclic) bond motifs is 1. The van der Waals surface area contributed by atoms with Gasteiger partial charge in [-0.2, -0.15) is 5.10 Å². The SMILES string of the molecule is O=C(NCCn1ncc2c(=O)n(Cc3cccc(Cl)c3)cnc21)c1ccc(-c2ccccc2)cc1. The van der Waals surface area contributed by atoms with E-state index < -0.39 is 0 Å². The number of hydrogen-bond donors (Lipinski definition) is 1. The predicted octanol–water partition coefficient (Wildman–Crippen LogP) is 4.39. The van der Waals surface area contributed by atoms with Crippen molar-refractivity contribution < 1.29 is 4.79 Å². The average Bonchev–Trinajstić information content (AvgIpc) is 3.30. The Morgan fingerprint density at radius 2 is 1.71 bits per heavy atom. The minimum atomic E-state index is -0.177. The van der Waals surface area contributed by atoms with Crippen molar-refractivity contribution in [2.24, 2.45) is 0 Å². The standard InChI is InChI=1S/C27H22ClN5O2/c28-23-8-4-5-19(15-23)17-32-18-30-25-24(27(32)35)16-31-33(25)14-13-29-26(34)22-11-9-21(10-12-22)20-6-2-1-3-7-20/h1-12,15-16,18H,13-14,17H2,(H,29,34). The molecule has 2 aromatic heterocycles. The lowest BCUT2D eigenvalue weighted by atomic mass is 10.0. The van der Waals surface area contributed by atoms with Crippen molar-refractivity contribution in [1.82, 2.24) is 24.6 Å². The number of halogens is 1. The molecule has 0 bridgehead atoms. The Morgan fingerprint density at radius 3 is 2.49 bits per heavy atom. The monoisotopic (exact) mass is 483 g/mol. The lowest BCUT2D eigenvalue weighted by Gasteiger charge is -2.08. The zero-order chi connectivity index (χ0) is 24.2. The van der Waals surface area contributed by atoms with Gasteiger partial charge in [-0.3, -0.25) is 14.2 Å². The van der Waals surface area contributed by atoms with Gasteiger partial charge >= 0.3 is 0 Å². The average molecular weight is 484 g/mol. The maximum atomic E-state index is 12.9. The molecule has 5 rings (SSSR count). The van der Waals surface area contributed by atoms with Crippen molar-refractivity contribution in [2.45, 2.75) is 13.1 Å². The number of amides is 1. The van der Waals surface area contributed by atoms with E-state index >= 15 is 0 Å². The number of nitrogens with one attached hydrogen (secondary N) is 1. The van der Waals surface area contributed by atoms with Crippen LogP contribution in [-0.2, 0) is 13.1 Å². The summed E-state index contributed by atoms with van der Waals surface area (Å²) in [5.41, 5.74) is 3.95. The highest BCUT2D eigenvalue weighted by molar-refractivity contribution is 6.30. The van der Waals surface area contributed by atoms with Crippen LogP contribution in [0.3, 0.4) is 0 Å². The predicted molar refractivity (Wildman–Crippen MR) is 137 cm³/mol. The molecule has 0 spiro atoms. The normalized spacial score (nSPS) is 11.0. The molecule has 0 unspecified atom stereocenters. The summed E-state index contributed by atoms with van der Waals surface area (Å²) in [6.45, 7) is 1.11. The number of carbonyl (C=O) groups excluding carboxylic acids is 1. The van der Waals surface area contributed by atoms with Gasteiger partial charge in [0.05, 0.1) is 19.3 Å². The van der Waals surface area contributed by atoms with E-state index in [1.807, 2.05) is 72.8 Å². The van der Waals surface area contributed by atoms with Crippen LogP contribution < -0.4 is 10.9 Å². The van der Waals surface area contributed by atoms with Gasteiger partial charge < -0.3 is 5.32 Å². The topological polar surface area (TPSA) is 81.8 Å². The molecule has 7 nitrogen and oxygen atoms in total. The summed E-state index contributed by atoms with van der Waals surface area (Å²) in [6.07, 6.45) is 3.03. The zero-order valence-electron chi connectivity index (χ0n) is 18.8. The van der Waals surface area contributed by atoms with E-state index in [4.69, 9.17) is 11.6 Å². The molecular weight excluding hydrogens is 462 g/mol. The third-order valence-corrected chi connectivity index (χ3v) is 5.96. The first kappa shape index (κ1) is 22.6. The van der Waals surface area contributed by atoms with Crippen molar-refractivity contribution in [3.63, 3.8) is 0 Å². The summed E-state index contributed by atoms with van der Waals surface area (Å²) >= 11 is 6.05. The van der Waals surface area contributed by atoms with Crippen LogP contribution in [0.25, 0.3) is 22.2 Å². The lowest BCUT2D eigenvalue weighted by Crippen LogP contribution is -2.27. The number of benzene rings is 3. The first-order valence-corrected chi connectivity index (χ1v) is 11.6. The van der Waals surface area contributed by atoms with Crippen molar-refractivity contribution in [2.75, 3.05) is 6.54 Å². The van der Waals surface area contributed by atoms with Crippen LogP contribution in [0, 0.1) is 0 Å². The molecule has 0 aliphatic heterocycles. The van der Waals surface area contributed by atoms with E-state index in [1.54, 1.807) is 10.7 Å². The highest BCUT2D eigenvalue weighted by atomic mass is 35.5. The molecule has 1 amide bonds. The molecule has 0 saturated carbocycles. The molecular formula is C27H22ClN5O2. The molecule has 0 saturated heterocycles. The van der Waals surface area contributed by atoms with Crippen molar-refractivity contribution in [3.05, 3.63) is 118 Å². The van der Waals surface area contributed by atoms with Crippen LogP contribution in [0.5, 0.6) is 0 Å². The fourth-order valence-corrected chi connectivity index (χ4v) is 4.14. The van der Waals surface area contributed by atoms with E-state index in [0.717, 1.165) is 16.7 Å². The maximum Gasteiger partial charge on any atom is 0.264 e. The molecule has 0 fully saturated rings. The molecule has 3 aromatic carbocycles. The van der Waals surface area contributed by atoms with Crippen LogP contribution in [0.15, 0.2) is 96.2 Å². The number of rotatable bonds is 7. The molecule has 0 aliphatic rings. The first-order valence-electron chi connectivity index (χ1n) is 11.2. The van der Waals surface area contributed by atoms with Gasteiger partial charge in [0.15, 0.2) is 5.65 Å². The van der Waals surface area contributed by atoms with Gasteiger partial charge in [-0.05, 0) is 41.0 Å². The van der Waals surface area contributed by atoms with Crippen molar-refractivity contribution >= 4 is 28.5 Å². The highest BCUT2D eigenvalue weighted by Gasteiger charge is 2.11. The van der Waals surface area contributed by atoms with Gasteiger partial charge in [0.2, 0.25) is 0 Å². The number of hydrogen-bond acceptors (Lipinski definition) is 4. The molecule has 1 N–H and O–H groups in total. The largest absolute Gasteiger partial charge is 0.350 e. The Labute approximate surface area is 206 Å². The van der Waals surface area contributed by atoms with Gasteiger partial charge in [-0.15, -0.1) is 0 Å². The third kappa shape index (κ3) is 5.00. The van der Waals surface area contributed by atoms with Gasteiger partial charge in [-0.1, -0.05) is 66.2 Å². The molecule has 2 heterocycles. The van der Waals surface area contributed by atoms with Gasteiger partial charge in [0, 0.05) is 17.1 Å². The van der Waals surface area contributed by atoms with E-state index in [2.05, 4.69) is 15.4 Å². The van der Waals surface area contributed by atoms with Gasteiger partial charge in [0.25, 0.3) is 11.5 Å². The second-order valence-electron chi connectivity index (χ2n) is 8.11. The van der Waals surface area contributed by atoms with Crippen LogP contribution in [0.1, 0.15) is 15.9 Å². The first-order chi connectivity index (χ1) is 17.1. The fourth-order valence-electron chi connectivity index (χ4n) is 3.93. The van der Waals surface area contributed by atoms with Crippen LogP contribution in [0.2, 0.25) is 5.02 Å².